The number of nitrogens with one attached hydrogen (secondary N) is 1. The van der Waals surface area contributed by atoms with Crippen molar-refractivity contribution in [1.82, 2.24) is 5.32 Å². The number of hydrogen-bond acceptors (Lipinski definition) is 3. The Kier molecular flexibility index (Phi) is 6.12. The lowest BCUT2D eigenvalue weighted by molar-refractivity contribution is 0.0954. The number of carbonyl (C=O) groups excluding carboxylic acids is 1. The average molecular weight is 401 g/mol. The molecule has 1 N–H and O–H groups in total. The molecule has 1 atom stereocenters. The van der Waals surface area contributed by atoms with E-state index < -0.39 is 9.17 Å². The number of amides is 1. The first-order valence-corrected chi connectivity index (χ1v) is 8.96. The average Bonchev–Trinajstić information content (AvgIpc) is 2.93. The van der Waals surface area contributed by atoms with Crippen molar-refractivity contribution in [2.75, 3.05) is 0 Å². The summed E-state index contributed by atoms with van der Waals surface area (Å²) in [4.78, 5) is 13.5. The second-order valence-electron chi connectivity index (χ2n) is 3.94. The number of alkyl halides is 3. The Labute approximate surface area is 150 Å². The number of halogens is 4. The largest absolute Gasteiger partial charge is 0.335 e. The highest BCUT2D eigenvalue weighted by atomic mass is 35.6. The monoisotopic (exact) mass is 399 g/mol. The van der Waals surface area contributed by atoms with Crippen LogP contribution in [0.2, 0.25) is 5.02 Å². The van der Waals surface area contributed by atoms with Gasteiger partial charge in [-0.1, -0.05) is 64.2 Å². The second-order valence-corrected chi connectivity index (χ2v) is 8.88. The zero-order valence-corrected chi connectivity index (χ0v) is 15.0. The summed E-state index contributed by atoms with van der Waals surface area (Å²) in [5.41, 5.74) is 0. The first-order valence-electron chi connectivity index (χ1n) is 5.69. The van der Waals surface area contributed by atoms with E-state index in [9.17, 15) is 4.79 Å². The summed E-state index contributed by atoms with van der Waals surface area (Å²) < 4.78 is -1.64. The van der Waals surface area contributed by atoms with Gasteiger partial charge in [0.05, 0.1) is 4.88 Å². The third-order valence-electron chi connectivity index (χ3n) is 2.37. The van der Waals surface area contributed by atoms with Gasteiger partial charge < -0.3 is 5.32 Å². The molecule has 0 saturated heterocycles. The van der Waals surface area contributed by atoms with Crippen molar-refractivity contribution in [3.63, 3.8) is 0 Å². The normalized spacial score (nSPS) is 13.0. The fourth-order valence-corrected chi connectivity index (χ4v) is 3.61. The second kappa shape index (κ2) is 7.44. The molecule has 0 aliphatic heterocycles. The van der Waals surface area contributed by atoms with Crippen molar-refractivity contribution in [1.29, 1.82) is 0 Å². The standard InChI is InChI=1S/C13H9Cl4NOS2/c14-8-3-5-9(6-4-8)21-12(13(15,16)17)18-11(19)10-2-1-7-20-10/h1-7,12H,(H,18,19)/t12-/m0/s1. The minimum Gasteiger partial charge on any atom is -0.335 e. The molecule has 1 aromatic heterocycles. The lowest BCUT2D eigenvalue weighted by Gasteiger charge is -2.24. The predicted molar refractivity (Wildman–Crippen MR) is 93.2 cm³/mol. The lowest BCUT2D eigenvalue weighted by atomic mass is 10.4. The number of carbonyl (C=O) groups is 1. The maximum atomic E-state index is 12.1. The molecular weight excluding hydrogens is 392 g/mol. The van der Waals surface area contributed by atoms with Crippen molar-refractivity contribution in [3.05, 3.63) is 51.7 Å². The van der Waals surface area contributed by atoms with E-state index in [0.717, 1.165) is 4.90 Å². The molecule has 8 heteroatoms. The summed E-state index contributed by atoms with van der Waals surface area (Å²) >= 11 is 26.3. The van der Waals surface area contributed by atoms with Gasteiger partial charge in [-0.25, -0.2) is 0 Å². The molecule has 0 bridgehead atoms. The summed E-state index contributed by atoms with van der Waals surface area (Å²) in [6.45, 7) is 0. The van der Waals surface area contributed by atoms with Crippen LogP contribution in [0.4, 0.5) is 0 Å². The minimum atomic E-state index is -1.64. The molecule has 21 heavy (non-hydrogen) atoms. The van der Waals surface area contributed by atoms with Crippen LogP contribution in [0.3, 0.4) is 0 Å². The molecule has 1 amide bonds. The quantitative estimate of drug-likeness (QED) is 0.410. The molecule has 0 spiro atoms. The summed E-state index contributed by atoms with van der Waals surface area (Å²) in [5.74, 6) is -0.275. The maximum absolute atomic E-state index is 12.1. The Morgan fingerprint density at radius 3 is 2.38 bits per heavy atom. The highest BCUT2D eigenvalue weighted by molar-refractivity contribution is 8.00. The SMILES string of the molecule is O=C(N[C@@H](Sc1ccc(Cl)cc1)C(Cl)(Cl)Cl)c1cccs1. The summed E-state index contributed by atoms with van der Waals surface area (Å²) in [5, 5.41) is 4.43. The van der Waals surface area contributed by atoms with Gasteiger partial charge in [0.1, 0.15) is 5.37 Å². The third kappa shape index (κ3) is 5.23. The van der Waals surface area contributed by atoms with Crippen molar-refractivity contribution in [2.24, 2.45) is 0 Å². The Morgan fingerprint density at radius 1 is 1.19 bits per heavy atom. The number of thiophene rings is 1. The molecule has 0 unspecified atom stereocenters. The first kappa shape index (κ1) is 17.3. The van der Waals surface area contributed by atoms with Gasteiger partial charge in [-0.05, 0) is 35.7 Å². The van der Waals surface area contributed by atoms with Crippen LogP contribution in [-0.4, -0.2) is 15.1 Å². The summed E-state index contributed by atoms with van der Waals surface area (Å²) in [6.07, 6.45) is 0. The van der Waals surface area contributed by atoms with Crippen LogP contribution >= 0.6 is 69.5 Å². The molecular formula is C13H9Cl4NOS2. The topological polar surface area (TPSA) is 29.1 Å². The zero-order valence-electron chi connectivity index (χ0n) is 10.4. The smallest absolute Gasteiger partial charge is 0.262 e. The lowest BCUT2D eigenvalue weighted by Crippen LogP contribution is -2.41. The van der Waals surface area contributed by atoms with Crippen LogP contribution in [0.25, 0.3) is 0 Å². The molecule has 0 aliphatic carbocycles. The molecule has 2 rings (SSSR count). The Balaban J connectivity index is 2.12. The Morgan fingerprint density at radius 2 is 1.86 bits per heavy atom. The van der Waals surface area contributed by atoms with Crippen molar-refractivity contribution >= 4 is 75.4 Å². The van der Waals surface area contributed by atoms with Gasteiger partial charge in [-0.3, -0.25) is 4.79 Å². The Bertz CT molecular complexity index is 596. The first-order chi connectivity index (χ1) is 9.86. The number of thioether (sulfide) groups is 1. The van der Waals surface area contributed by atoms with Crippen LogP contribution in [0.1, 0.15) is 9.67 Å². The van der Waals surface area contributed by atoms with Gasteiger partial charge in [0, 0.05) is 9.92 Å². The van der Waals surface area contributed by atoms with Crippen molar-refractivity contribution in [3.8, 4) is 0 Å². The molecule has 112 valence electrons. The predicted octanol–water partition coefficient (Wildman–Crippen LogP) is 5.62. The van der Waals surface area contributed by atoms with Crippen LogP contribution < -0.4 is 5.32 Å². The van der Waals surface area contributed by atoms with E-state index in [-0.39, 0.29) is 5.91 Å². The molecule has 0 saturated carbocycles. The summed E-state index contributed by atoms with van der Waals surface area (Å²) in [6, 6.07) is 10.6. The van der Waals surface area contributed by atoms with E-state index >= 15 is 0 Å². The fraction of sp³-hybridized carbons (Fsp3) is 0.154. The Hall–Kier alpha value is -0.100. The molecule has 2 nitrogen and oxygen atoms in total. The van der Waals surface area contributed by atoms with Crippen LogP contribution in [0.15, 0.2) is 46.7 Å². The fourth-order valence-electron chi connectivity index (χ4n) is 1.43. The number of benzene rings is 1. The van der Waals surface area contributed by atoms with Crippen LogP contribution in [-0.2, 0) is 0 Å². The third-order valence-corrected chi connectivity index (χ3v) is 5.79. The van der Waals surface area contributed by atoms with Crippen molar-refractivity contribution < 1.29 is 4.79 Å². The van der Waals surface area contributed by atoms with E-state index in [1.165, 1.54) is 23.1 Å². The van der Waals surface area contributed by atoms with Gasteiger partial charge >= 0.3 is 0 Å². The van der Waals surface area contributed by atoms with Gasteiger partial charge in [0.25, 0.3) is 5.91 Å². The molecule has 0 radical (unpaired) electrons. The molecule has 1 heterocycles. The van der Waals surface area contributed by atoms with Crippen LogP contribution in [0, 0.1) is 0 Å². The minimum absolute atomic E-state index is 0.275. The summed E-state index contributed by atoms with van der Waals surface area (Å²) in [7, 11) is 0. The molecule has 0 fully saturated rings. The highest BCUT2D eigenvalue weighted by Gasteiger charge is 2.35. The van der Waals surface area contributed by atoms with Crippen LogP contribution in [0.5, 0.6) is 0 Å². The molecule has 2 aromatic rings. The highest BCUT2D eigenvalue weighted by Crippen LogP contribution is 2.39. The van der Waals surface area contributed by atoms with E-state index in [4.69, 9.17) is 46.4 Å². The number of hydrogen-bond donors (Lipinski definition) is 1. The van der Waals surface area contributed by atoms with E-state index in [1.807, 2.05) is 5.38 Å². The van der Waals surface area contributed by atoms with Gasteiger partial charge in [-0.15, -0.1) is 11.3 Å². The van der Waals surface area contributed by atoms with Gasteiger partial charge in [-0.2, -0.15) is 0 Å². The zero-order chi connectivity index (χ0) is 15.5. The molecule has 0 aliphatic rings. The van der Waals surface area contributed by atoms with Crippen molar-refractivity contribution in [2.45, 2.75) is 14.1 Å². The number of rotatable bonds is 4. The van der Waals surface area contributed by atoms with E-state index in [2.05, 4.69) is 5.32 Å². The molecule has 1 aromatic carbocycles. The van der Waals surface area contributed by atoms with E-state index in [1.54, 1.807) is 36.4 Å². The van der Waals surface area contributed by atoms with E-state index in [0.29, 0.717) is 9.90 Å². The van der Waals surface area contributed by atoms with Gasteiger partial charge in [0.2, 0.25) is 3.79 Å². The van der Waals surface area contributed by atoms with Gasteiger partial charge in [0.15, 0.2) is 0 Å². The maximum Gasteiger partial charge on any atom is 0.262 e.